The molecule has 0 bridgehead atoms. The summed E-state index contributed by atoms with van der Waals surface area (Å²) in [4.78, 5) is 36.5. The zero-order valence-corrected chi connectivity index (χ0v) is 36.6. The first-order valence-corrected chi connectivity index (χ1v) is 21.9. The number of methoxy groups -OCH3 is 1. The van der Waals surface area contributed by atoms with Gasteiger partial charge in [0.1, 0.15) is 10.8 Å². The number of thiophene rings is 1. The maximum atomic E-state index is 12.9. The molecule has 17 heteroatoms. The second kappa shape index (κ2) is 21.4. The summed E-state index contributed by atoms with van der Waals surface area (Å²) in [5, 5.41) is 8.30. The molecule has 0 radical (unpaired) electrons. The zero-order chi connectivity index (χ0) is 43.4. The lowest BCUT2D eigenvalue weighted by molar-refractivity contribution is -0.139. The first-order valence-electron chi connectivity index (χ1n) is 19.3. The topological polar surface area (TPSA) is 185 Å². The van der Waals surface area contributed by atoms with E-state index in [4.69, 9.17) is 41.1 Å². The number of carbonyl (C=O) groups excluding carboxylic acids is 2. The lowest BCUT2D eigenvalue weighted by Gasteiger charge is -2.34. The molecular formula is C43H51ClN6O8S2. The van der Waals surface area contributed by atoms with Crippen molar-refractivity contribution in [3.63, 3.8) is 0 Å². The van der Waals surface area contributed by atoms with E-state index in [1.165, 1.54) is 34.7 Å². The number of fused-ring (bicyclic) bond motifs is 2. The van der Waals surface area contributed by atoms with E-state index >= 15 is 0 Å². The molecular weight excluding hydrogens is 828 g/mol. The van der Waals surface area contributed by atoms with E-state index in [2.05, 4.69) is 64.7 Å². The van der Waals surface area contributed by atoms with Crippen LogP contribution in [0.2, 0.25) is 5.02 Å². The Morgan fingerprint density at radius 1 is 0.950 bits per heavy atom. The van der Waals surface area contributed by atoms with Gasteiger partial charge in [-0.2, -0.15) is 8.42 Å². The van der Waals surface area contributed by atoms with Crippen LogP contribution in [-0.2, 0) is 33.9 Å². The molecule has 7 rings (SSSR count). The Morgan fingerprint density at radius 3 is 2.25 bits per heavy atom. The van der Waals surface area contributed by atoms with Crippen molar-refractivity contribution in [1.29, 1.82) is 0 Å². The normalized spacial score (nSPS) is 16.3. The highest BCUT2D eigenvalue weighted by Gasteiger charge is 2.39. The third-order valence-electron chi connectivity index (χ3n) is 9.59. The number of nitrogens with zero attached hydrogens (tertiary/aromatic N) is 3. The number of aryl methyl sites for hydroxylation is 1. The Hall–Kier alpha value is -5.07. The molecule has 3 aliphatic rings. The Bertz CT molecular complexity index is 2340. The van der Waals surface area contributed by atoms with Crippen molar-refractivity contribution in [3.8, 4) is 0 Å². The molecule has 320 valence electrons. The molecule has 1 aromatic heterocycles. The summed E-state index contributed by atoms with van der Waals surface area (Å²) >= 11 is 8.23. The van der Waals surface area contributed by atoms with E-state index in [0.29, 0.717) is 40.7 Å². The highest BCUT2D eigenvalue weighted by molar-refractivity contribution is 7.85. The van der Waals surface area contributed by atoms with Crippen molar-refractivity contribution >= 4 is 67.2 Å². The number of nitrogens with one attached hydrogen (secondary N) is 2. The summed E-state index contributed by atoms with van der Waals surface area (Å²) in [6, 6.07) is 25.0. The molecule has 1 fully saturated rings. The molecule has 14 nitrogen and oxygen atoms in total. The Balaban J connectivity index is 0.000000188. The number of halogens is 1. The summed E-state index contributed by atoms with van der Waals surface area (Å²) in [5.41, 5.74) is 11.1. The lowest BCUT2D eigenvalue weighted by atomic mass is 9.80. The molecule has 60 heavy (non-hydrogen) atoms. The number of allylic oxidation sites excluding steroid dienone is 1. The number of hydrogen-bond donors (Lipinski definition) is 4. The van der Waals surface area contributed by atoms with Crippen LogP contribution in [0.3, 0.4) is 0 Å². The summed E-state index contributed by atoms with van der Waals surface area (Å²) in [6.07, 6.45) is 0. The number of esters is 2. The van der Waals surface area contributed by atoms with Crippen molar-refractivity contribution in [1.82, 2.24) is 15.1 Å². The second-order valence-corrected chi connectivity index (χ2v) is 16.9. The SMILES string of the molecule is CCOC(=O)C1=C(COCCN)NC(C)=C(C(=O)OC)C1c1ccccc1Cl.Cc1cc2c(s1)Nc1ccccc1N=C2N1CCN(C)CC1.O=S(=O)(O)c1ccccc1. The maximum Gasteiger partial charge on any atom is 0.336 e. The number of piperazine rings is 1. The van der Waals surface area contributed by atoms with E-state index in [1.54, 1.807) is 67.6 Å². The number of carbonyl (C=O) groups is 2. The predicted molar refractivity (Wildman–Crippen MR) is 236 cm³/mol. The largest absolute Gasteiger partial charge is 0.466 e. The average molecular weight is 880 g/mol. The number of ether oxygens (including phenoxy) is 3. The smallest absolute Gasteiger partial charge is 0.336 e. The number of nitrogens with two attached hydrogens (primary N) is 1. The third-order valence-corrected chi connectivity index (χ3v) is 11.8. The van der Waals surface area contributed by atoms with Crippen molar-refractivity contribution < 1.29 is 36.8 Å². The molecule has 5 N–H and O–H groups in total. The standard InChI is InChI=1S/C20H25ClN2O5.C17H20N4S.C6H6O3S/c1-4-28-20(25)18-15(11-27-10-9-22)23-12(2)16(19(24)26-3)17(18)13-7-5-6-8-14(13)21;1-12-11-13-16(21-9-7-20(2)8-10-21)18-14-5-3-4-6-15(14)19-17(13)22-12;7-10(8,9)6-4-2-1-3-5-6/h5-8,17,23H,4,9-11,22H2,1-3H3;3-6,11,19H,7-10H2,1-2H3;1-5H,(H,7,8,9). The van der Waals surface area contributed by atoms with E-state index < -0.39 is 28.0 Å². The van der Waals surface area contributed by atoms with Gasteiger partial charge in [-0.15, -0.1) is 11.3 Å². The van der Waals surface area contributed by atoms with Gasteiger partial charge in [0.2, 0.25) is 0 Å². The van der Waals surface area contributed by atoms with Gasteiger partial charge >= 0.3 is 11.9 Å². The van der Waals surface area contributed by atoms with Gasteiger partial charge in [0.15, 0.2) is 0 Å². The number of hydrogen-bond acceptors (Lipinski definition) is 14. The van der Waals surface area contributed by atoms with Crippen LogP contribution in [-0.4, -0.2) is 107 Å². The predicted octanol–water partition coefficient (Wildman–Crippen LogP) is 6.64. The molecule has 0 aliphatic carbocycles. The summed E-state index contributed by atoms with van der Waals surface area (Å²) in [6.45, 7) is 10.8. The fourth-order valence-electron chi connectivity index (χ4n) is 6.72. The van der Waals surface area contributed by atoms with E-state index in [0.717, 1.165) is 43.4 Å². The highest BCUT2D eigenvalue weighted by Crippen LogP contribution is 2.42. The van der Waals surface area contributed by atoms with Crippen LogP contribution in [0.4, 0.5) is 16.4 Å². The van der Waals surface area contributed by atoms with E-state index in [1.807, 2.05) is 0 Å². The summed E-state index contributed by atoms with van der Waals surface area (Å²) in [7, 11) is -0.527. The minimum Gasteiger partial charge on any atom is -0.466 e. The number of amidine groups is 1. The van der Waals surface area contributed by atoms with Gasteiger partial charge in [-0.05, 0) is 69.8 Å². The molecule has 4 aromatic rings. The average Bonchev–Trinajstić information content (AvgIpc) is 3.52. The zero-order valence-electron chi connectivity index (χ0n) is 34.2. The fourth-order valence-corrected chi connectivity index (χ4v) is 8.38. The molecule has 3 aromatic carbocycles. The van der Waals surface area contributed by atoms with Gasteiger partial charge in [-0.25, -0.2) is 14.6 Å². The Labute approximate surface area is 360 Å². The van der Waals surface area contributed by atoms with Crippen LogP contribution in [0.15, 0.2) is 117 Å². The lowest BCUT2D eigenvalue weighted by Crippen LogP contribution is -2.47. The van der Waals surface area contributed by atoms with Crippen molar-refractivity contribution in [2.45, 2.75) is 31.6 Å². The van der Waals surface area contributed by atoms with Gasteiger partial charge in [0.05, 0.1) is 71.5 Å². The number of aliphatic imine (C=N–C) groups is 1. The summed E-state index contributed by atoms with van der Waals surface area (Å²) < 4.78 is 45.0. The minimum atomic E-state index is -4.00. The number of likely N-dealkylation sites (N-methyl/N-ethyl adjacent to an activating group) is 1. The van der Waals surface area contributed by atoms with Gasteiger partial charge in [0.25, 0.3) is 10.1 Å². The molecule has 1 saturated heterocycles. The molecule has 0 amide bonds. The Kier molecular flexibility index (Phi) is 16.4. The number of dihydropyridines is 1. The van der Waals surface area contributed by atoms with Crippen molar-refractivity contribution in [2.24, 2.45) is 10.7 Å². The number of benzene rings is 3. The molecule has 1 atom stereocenters. The molecule has 0 saturated carbocycles. The first-order chi connectivity index (χ1) is 28.8. The third kappa shape index (κ3) is 11.6. The number of anilines is 2. The van der Waals surface area contributed by atoms with Crippen LogP contribution in [0.25, 0.3) is 0 Å². The van der Waals surface area contributed by atoms with Gasteiger partial charge in [-0.3, -0.25) is 4.55 Å². The maximum absolute atomic E-state index is 12.9. The van der Waals surface area contributed by atoms with Crippen LogP contribution in [0.1, 0.15) is 35.8 Å². The number of rotatable bonds is 9. The Morgan fingerprint density at radius 2 is 1.62 bits per heavy atom. The van der Waals surface area contributed by atoms with Crippen molar-refractivity contribution in [2.75, 3.05) is 72.0 Å². The summed E-state index contributed by atoms with van der Waals surface area (Å²) in [5.74, 6) is -0.748. The van der Waals surface area contributed by atoms with Crippen LogP contribution in [0, 0.1) is 6.92 Å². The quantitative estimate of drug-likeness (QED) is 0.0798. The van der Waals surface area contributed by atoms with Crippen LogP contribution >= 0.6 is 22.9 Å². The van der Waals surface area contributed by atoms with Gasteiger partial charge < -0.3 is 40.4 Å². The molecule has 0 spiro atoms. The number of para-hydroxylation sites is 2. The second-order valence-electron chi connectivity index (χ2n) is 13.8. The van der Waals surface area contributed by atoms with E-state index in [9.17, 15) is 18.0 Å². The van der Waals surface area contributed by atoms with Gasteiger partial charge in [0, 0.05) is 48.3 Å². The van der Waals surface area contributed by atoms with E-state index in [-0.39, 0.29) is 23.7 Å². The first kappa shape index (κ1) is 46.0. The molecule has 3 aliphatic heterocycles. The van der Waals surface area contributed by atoms with Gasteiger partial charge in [-0.1, -0.05) is 60.1 Å². The fraction of sp³-hybridized carbons (Fsp3) is 0.326. The minimum absolute atomic E-state index is 0.0741. The molecule has 1 unspecified atom stereocenters. The monoisotopic (exact) mass is 878 g/mol. The van der Waals surface area contributed by atoms with Crippen LogP contribution in [0.5, 0.6) is 0 Å². The van der Waals surface area contributed by atoms with Crippen LogP contribution < -0.4 is 16.4 Å². The highest BCUT2D eigenvalue weighted by atomic mass is 35.5. The molecule has 4 heterocycles. The van der Waals surface area contributed by atoms with Crippen molar-refractivity contribution in [3.05, 3.63) is 128 Å².